The van der Waals surface area contributed by atoms with Crippen molar-refractivity contribution in [1.82, 2.24) is 4.90 Å². The molecule has 260 valence electrons. The molecule has 0 heterocycles. The average molecular weight is 740 g/mol. The van der Waals surface area contributed by atoms with Gasteiger partial charge in [-0.1, -0.05) is 35.4 Å². The van der Waals surface area contributed by atoms with Gasteiger partial charge in [0.05, 0.1) is 139 Å². The number of rotatable bonds is 39. The summed E-state index contributed by atoms with van der Waals surface area (Å²) in [4.78, 5) is 2.09. The number of ether oxygens (including phenoxy) is 11. The number of nitrogens with zero attached hydrogens (tertiary/aromatic N) is 1. The smallest absolute Gasteiger partial charge is 0.0701 e. The molecule has 0 aliphatic carbocycles. The molecule has 0 spiro atoms. The minimum atomic E-state index is 0.524. The fourth-order valence-electron chi connectivity index (χ4n) is 3.20. The highest BCUT2D eigenvalue weighted by atomic mass is 127. The molecule has 0 aromatic carbocycles. The molecular weight excluding hydrogens is 677 g/mol. The van der Waals surface area contributed by atoms with Gasteiger partial charge < -0.3 is 57.0 Å². The maximum atomic E-state index is 5.56. The van der Waals surface area contributed by atoms with E-state index >= 15 is 0 Å². The molecule has 0 aromatic heterocycles. The van der Waals surface area contributed by atoms with Crippen LogP contribution in [0.25, 0.3) is 0 Å². The number of likely N-dealkylation sites (N-methyl/N-ethyl adjacent to an activating group) is 1. The predicted molar refractivity (Wildman–Crippen MR) is 175 cm³/mol. The largest absolute Gasteiger partial charge is 0.379 e. The van der Waals surface area contributed by atoms with Crippen LogP contribution in [0.5, 0.6) is 0 Å². The van der Waals surface area contributed by atoms with Crippen molar-refractivity contribution in [2.75, 3.05) is 170 Å². The highest BCUT2D eigenvalue weighted by Gasteiger charge is 1.97. The zero-order valence-corrected chi connectivity index (χ0v) is 29.3. The Hall–Kier alpha value is 0.250. The van der Waals surface area contributed by atoms with Gasteiger partial charge in [0, 0.05) is 13.2 Å². The highest BCUT2D eigenvalue weighted by Crippen LogP contribution is 2.02. The molecule has 0 bridgehead atoms. The fourth-order valence-corrected chi connectivity index (χ4v) is 3.74. The minimum Gasteiger partial charge on any atom is -0.379 e. The molecular formula is C30H62INO11. The van der Waals surface area contributed by atoms with Crippen molar-refractivity contribution in [3.63, 3.8) is 0 Å². The Bertz CT molecular complexity index is 499. The van der Waals surface area contributed by atoms with Gasteiger partial charge in [0.2, 0.25) is 0 Å². The maximum absolute atomic E-state index is 5.56. The normalized spacial score (nSPS) is 11.7. The summed E-state index contributed by atoms with van der Waals surface area (Å²) in [5, 5.41) is 0. The first-order chi connectivity index (χ1) is 21.3. The minimum absolute atomic E-state index is 0.524. The summed E-state index contributed by atoms with van der Waals surface area (Å²) in [6.07, 6.45) is 4.99. The monoisotopic (exact) mass is 739 g/mol. The Morgan fingerprint density at radius 1 is 0.302 bits per heavy atom. The Morgan fingerprint density at radius 3 is 0.791 bits per heavy atom. The molecule has 0 aliphatic rings. The summed E-state index contributed by atoms with van der Waals surface area (Å²) < 4.78 is 61.6. The van der Waals surface area contributed by atoms with Crippen molar-refractivity contribution in [2.24, 2.45) is 0 Å². The third-order valence-corrected chi connectivity index (χ3v) is 6.34. The van der Waals surface area contributed by atoms with E-state index in [1.807, 2.05) is 14.1 Å². The van der Waals surface area contributed by atoms with Gasteiger partial charge in [-0.15, -0.1) is 0 Å². The summed E-state index contributed by atoms with van der Waals surface area (Å²) in [5.74, 6) is 0. The fraction of sp³-hybridized carbons (Fsp3) is 1.00. The van der Waals surface area contributed by atoms with Crippen LogP contribution in [0, 0.1) is 0 Å². The predicted octanol–water partition coefficient (Wildman–Crippen LogP) is 2.73. The quantitative estimate of drug-likeness (QED) is 0.0527. The molecule has 0 unspecified atom stereocenters. The van der Waals surface area contributed by atoms with E-state index in [0.29, 0.717) is 132 Å². The van der Waals surface area contributed by atoms with Crippen LogP contribution in [0.1, 0.15) is 25.7 Å². The van der Waals surface area contributed by atoms with Crippen LogP contribution in [-0.4, -0.2) is 175 Å². The van der Waals surface area contributed by atoms with Gasteiger partial charge in [-0.25, -0.2) is 0 Å². The average Bonchev–Trinajstić information content (AvgIpc) is 3.00. The van der Waals surface area contributed by atoms with Gasteiger partial charge in [0.15, 0.2) is 0 Å². The molecule has 0 fully saturated rings. The van der Waals surface area contributed by atoms with Crippen molar-refractivity contribution >= 4 is 22.6 Å². The first-order valence-corrected chi connectivity index (χ1v) is 17.4. The SMILES string of the molecule is CN(C)CCOCCOCCOCCOCCOCCOCCOCCOCCOCCOCCOCCCCCCI. The van der Waals surface area contributed by atoms with Crippen LogP contribution >= 0.6 is 22.6 Å². The number of unbranched alkanes of at least 4 members (excludes halogenated alkanes) is 3. The van der Waals surface area contributed by atoms with Crippen LogP contribution in [0.15, 0.2) is 0 Å². The van der Waals surface area contributed by atoms with Gasteiger partial charge >= 0.3 is 0 Å². The number of halogens is 1. The van der Waals surface area contributed by atoms with E-state index in [4.69, 9.17) is 52.1 Å². The number of hydrogen-bond donors (Lipinski definition) is 0. The second kappa shape index (κ2) is 40.3. The maximum Gasteiger partial charge on any atom is 0.0701 e. The Morgan fingerprint density at radius 2 is 0.535 bits per heavy atom. The molecule has 12 nitrogen and oxygen atoms in total. The molecule has 0 atom stereocenters. The second-order valence-corrected chi connectivity index (χ2v) is 10.7. The first-order valence-electron chi connectivity index (χ1n) is 15.8. The molecule has 0 radical (unpaired) electrons. The van der Waals surface area contributed by atoms with Crippen LogP contribution in [0.3, 0.4) is 0 Å². The Labute approximate surface area is 275 Å². The van der Waals surface area contributed by atoms with Crippen molar-refractivity contribution in [3.05, 3.63) is 0 Å². The van der Waals surface area contributed by atoms with E-state index in [-0.39, 0.29) is 0 Å². The van der Waals surface area contributed by atoms with Crippen molar-refractivity contribution < 1.29 is 52.1 Å². The zero-order valence-electron chi connectivity index (χ0n) is 27.1. The summed E-state index contributed by atoms with van der Waals surface area (Å²) in [6, 6.07) is 0. The lowest BCUT2D eigenvalue weighted by molar-refractivity contribution is -0.0276. The lowest BCUT2D eigenvalue weighted by atomic mass is 10.2. The number of alkyl halides is 1. The molecule has 0 amide bonds. The van der Waals surface area contributed by atoms with Crippen LogP contribution in [0.4, 0.5) is 0 Å². The lowest BCUT2D eigenvalue weighted by Gasteiger charge is -2.10. The summed E-state index contributed by atoms with van der Waals surface area (Å²) in [6.45, 7) is 13.5. The molecule has 0 saturated carbocycles. The van der Waals surface area contributed by atoms with Gasteiger partial charge in [0.25, 0.3) is 0 Å². The van der Waals surface area contributed by atoms with Crippen molar-refractivity contribution in [3.8, 4) is 0 Å². The van der Waals surface area contributed by atoms with Crippen molar-refractivity contribution in [2.45, 2.75) is 25.7 Å². The molecule has 0 saturated heterocycles. The van der Waals surface area contributed by atoms with Gasteiger partial charge in [-0.05, 0) is 31.4 Å². The third-order valence-electron chi connectivity index (χ3n) is 5.58. The van der Waals surface area contributed by atoms with E-state index in [1.54, 1.807) is 0 Å². The van der Waals surface area contributed by atoms with E-state index in [1.165, 1.54) is 23.7 Å². The van der Waals surface area contributed by atoms with Crippen LogP contribution < -0.4 is 0 Å². The zero-order chi connectivity index (χ0) is 31.2. The standard InChI is InChI=1S/C30H62INO11/c1-32(2)8-10-34-12-14-36-16-18-38-20-22-40-24-26-42-28-30-43-29-27-41-25-23-39-21-19-37-17-15-35-13-11-33-9-6-4-3-5-7-31/h3-30H2,1-2H3. The summed E-state index contributed by atoms with van der Waals surface area (Å²) >= 11 is 2.42. The number of hydrogen-bond acceptors (Lipinski definition) is 12. The molecule has 0 rings (SSSR count). The third kappa shape index (κ3) is 42.2. The molecule has 0 aromatic rings. The second-order valence-electron chi connectivity index (χ2n) is 9.64. The van der Waals surface area contributed by atoms with Gasteiger partial charge in [-0.3, -0.25) is 0 Å². The van der Waals surface area contributed by atoms with E-state index in [2.05, 4.69) is 27.5 Å². The van der Waals surface area contributed by atoms with Crippen LogP contribution in [-0.2, 0) is 52.1 Å². The Kier molecular flexibility index (Phi) is 40.5. The molecule has 0 N–H and O–H groups in total. The van der Waals surface area contributed by atoms with Crippen molar-refractivity contribution in [1.29, 1.82) is 0 Å². The lowest BCUT2D eigenvalue weighted by Crippen LogP contribution is -2.19. The van der Waals surface area contributed by atoms with E-state index in [0.717, 1.165) is 26.2 Å². The summed E-state index contributed by atoms with van der Waals surface area (Å²) in [5.41, 5.74) is 0. The Balaban J connectivity index is 3.03. The summed E-state index contributed by atoms with van der Waals surface area (Å²) in [7, 11) is 4.05. The highest BCUT2D eigenvalue weighted by molar-refractivity contribution is 14.1. The molecule has 0 aliphatic heterocycles. The van der Waals surface area contributed by atoms with Crippen LogP contribution in [0.2, 0.25) is 0 Å². The first kappa shape index (κ1) is 43.2. The van der Waals surface area contributed by atoms with Gasteiger partial charge in [0.1, 0.15) is 0 Å². The molecule has 43 heavy (non-hydrogen) atoms. The van der Waals surface area contributed by atoms with E-state index < -0.39 is 0 Å². The van der Waals surface area contributed by atoms with E-state index in [9.17, 15) is 0 Å². The topological polar surface area (TPSA) is 105 Å². The molecule has 13 heteroatoms. The van der Waals surface area contributed by atoms with Gasteiger partial charge in [-0.2, -0.15) is 0 Å².